The number of nitrogens with one attached hydrogen (secondary N) is 2. The van der Waals surface area contributed by atoms with E-state index >= 15 is 0 Å². The van der Waals surface area contributed by atoms with Gasteiger partial charge in [-0.3, -0.25) is 0 Å². The molecule has 7 heteroatoms. The highest BCUT2D eigenvalue weighted by Gasteiger charge is 2.69. The first-order valence-corrected chi connectivity index (χ1v) is 11.0. The molecule has 160 valence electrons. The van der Waals surface area contributed by atoms with Gasteiger partial charge >= 0.3 is 0 Å². The number of aromatic amines is 1. The molecule has 4 aliphatic carbocycles. The van der Waals surface area contributed by atoms with Crippen LogP contribution in [0.5, 0.6) is 0 Å². The summed E-state index contributed by atoms with van der Waals surface area (Å²) in [6.45, 7) is 8.33. The highest BCUT2D eigenvalue weighted by molar-refractivity contribution is 5.92. The molecule has 4 aliphatic rings. The van der Waals surface area contributed by atoms with Crippen molar-refractivity contribution in [2.75, 3.05) is 5.32 Å². The van der Waals surface area contributed by atoms with Gasteiger partial charge in [0, 0.05) is 40.8 Å². The molecule has 0 aliphatic heterocycles. The SMILES string of the molecule is C=C(C)C1C(Nc2nc(-c3c[nH]c4ncc(C)cc34)ncc2F)C2CCC1C1(N)CC21. The van der Waals surface area contributed by atoms with Crippen molar-refractivity contribution < 1.29 is 4.39 Å². The number of H-pyrrole nitrogens is 1. The van der Waals surface area contributed by atoms with Crippen molar-refractivity contribution >= 4 is 16.9 Å². The van der Waals surface area contributed by atoms with Crippen LogP contribution in [0.25, 0.3) is 22.4 Å². The molecule has 0 aromatic carbocycles. The molecule has 4 N–H and O–H groups in total. The summed E-state index contributed by atoms with van der Waals surface area (Å²) in [5, 5.41) is 4.41. The summed E-state index contributed by atoms with van der Waals surface area (Å²) in [5.41, 5.74) is 10.4. The summed E-state index contributed by atoms with van der Waals surface area (Å²) in [6.07, 6.45) is 8.24. The van der Waals surface area contributed by atoms with Gasteiger partial charge in [0.1, 0.15) is 5.65 Å². The Kier molecular flexibility index (Phi) is 3.88. The number of halogens is 1. The summed E-state index contributed by atoms with van der Waals surface area (Å²) in [5.74, 6) is 1.89. The van der Waals surface area contributed by atoms with Crippen LogP contribution in [0.3, 0.4) is 0 Å². The third-order valence-electron chi connectivity index (χ3n) is 7.93. The molecular formula is C24H27FN6. The van der Waals surface area contributed by atoms with Gasteiger partial charge in [-0.15, -0.1) is 0 Å². The highest BCUT2D eigenvalue weighted by atomic mass is 19.1. The predicted octanol–water partition coefficient (Wildman–Crippen LogP) is 4.20. The molecule has 6 unspecified atom stereocenters. The van der Waals surface area contributed by atoms with Gasteiger partial charge in [-0.1, -0.05) is 12.2 Å². The number of nitrogens with zero attached hydrogens (tertiary/aromatic N) is 3. The monoisotopic (exact) mass is 418 g/mol. The maximum atomic E-state index is 14.8. The summed E-state index contributed by atoms with van der Waals surface area (Å²) in [7, 11) is 0. The summed E-state index contributed by atoms with van der Waals surface area (Å²) >= 11 is 0. The Bertz CT molecular complexity index is 1220. The zero-order valence-corrected chi connectivity index (χ0v) is 17.8. The summed E-state index contributed by atoms with van der Waals surface area (Å²) in [4.78, 5) is 16.5. The van der Waals surface area contributed by atoms with Crippen LogP contribution < -0.4 is 11.1 Å². The standard InChI is InChI=1S/C24H27FN6/c1-11(2)19-16-5-4-13(17-7-24(16,17)26)20(19)30-23-18(25)10-29-22(31-23)15-9-28-21-14(15)6-12(3)8-27-21/h6,8-10,13,16-17,19-20H,1,4-5,7,26H2,2-3H3,(H,27,28)(H,29,30,31). The van der Waals surface area contributed by atoms with E-state index in [1.165, 1.54) is 6.20 Å². The van der Waals surface area contributed by atoms with Crippen LogP contribution in [0.15, 0.2) is 36.8 Å². The van der Waals surface area contributed by atoms with Crippen LogP contribution in [0.1, 0.15) is 31.7 Å². The van der Waals surface area contributed by atoms with Crippen LogP contribution in [0, 0.1) is 36.4 Å². The molecule has 3 heterocycles. The molecule has 2 bridgehead atoms. The highest BCUT2D eigenvalue weighted by Crippen LogP contribution is 2.66. The number of aromatic nitrogens is 4. The Balaban J connectivity index is 1.38. The fourth-order valence-electron chi connectivity index (χ4n) is 6.50. The Labute approximate surface area is 180 Å². The normalized spacial score (nSPS) is 33.4. The van der Waals surface area contributed by atoms with Crippen LogP contribution >= 0.6 is 0 Å². The molecule has 3 aromatic rings. The van der Waals surface area contributed by atoms with Crippen LogP contribution in [0.2, 0.25) is 0 Å². The predicted molar refractivity (Wildman–Crippen MR) is 119 cm³/mol. The first kappa shape index (κ1) is 18.9. The van der Waals surface area contributed by atoms with E-state index in [1.54, 1.807) is 0 Å². The Morgan fingerprint density at radius 2 is 2.13 bits per heavy atom. The lowest BCUT2D eigenvalue weighted by Gasteiger charge is -2.52. The van der Waals surface area contributed by atoms with Crippen molar-refractivity contribution in [3.63, 3.8) is 0 Å². The third kappa shape index (κ3) is 2.69. The van der Waals surface area contributed by atoms with E-state index in [9.17, 15) is 4.39 Å². The number of hydrogen-bond acceptors (Lipinski definition) is 5. The summed E-state index contributed by atoms with van der Waals surface area (Å²) < 4.78 is 14.8. The zero-order chi connectivity index (χ0) is 21.5. The molecule has 0 saturated heterocycles. The topological polar surface area (TPSA) is 92.5 Å². The molecule has 4 fully saturated rings. The number of anilines is 1. The van der Waals surface area contributed by atoms with Gasteiger partial charge < -0.3 is 16.0 Å². The lowest BCUT2D eigenvalue weighted by molar-refractivity contribution is 0.0738. The number of rotatable bonds is 4. The molecule has 4 saturated carbocycles. The number of hydrogen-bond donors (Lipinski definition) is 3. The van der Waals surface area contributed by atoms with E-state index in [4.69, 9.17) is 5.73 Å². The summed E-state index contributed by atoms with van der Waals surface area (Å²) in [6, 6.07) is 2.14. The van der Waals surface area contributed by atoms with E-state index in [2.05, 4.69) is 38.8 Å². The smallest absolute Gasteiger partial charge is 0.183 e. The molecule has 7 rings (SSSR count). The van der Waals surface area contributed by atoms with E-state index in [-0.39, 0.29) is 23.3 Å². The molecule has 31 heavy (non-hydrogen) atoms. The largest absolute Gasteiger partial charge is 0.364 e. The van der Waals surface area contributed by atoms with Crippen LogP contribution in [-0.2, 0) is 0 Å². The number of aryl methyl sites for hydroxylation is 1. The first-order chi connectivity index (χ1) is 14.9. The van der Waals surface area contributed by atoms with E-state index in [0.717, 1.165) is 47.0 Å². The molecule has 0 amide bonds. The van der Waals surface area contributed by atoms with Crippen molar-refractivity contribution in [1.29, 1.82) is 0 Å². The molecular weight excluding hydrogens is 391 g/mol. The molecule has 3 aromatic heterocycles. The molecule has 0 radical (unpaired) electrons. The Morgan fingerprint density at radius 1 is 1.29 bits per heavy atom. The van der Waals surface area contributed by atoms with Crippen molar-refractivity contribution in [2.45, 2.75) is 44.7 Å². The van der Waals surface area contributed by atoms with E-state index < -0.39 is 5.82 Å². The molecule has 6 atom stereocenters. The minimum absolute atomic E-state index is 0.0466. The molecule has 6 nitrogen and oxygen atoms in total. The first-order valence-electron chi connectivity index (χ1n) is 11.0. The lowest BCUT2D eigenvalue weighted by Crippen LogP contribution is -2.58. The Hall–Kier alpha value is -2.80. The van der Waals surface area contributed by atoms with Gasteiger partial charge in [0.05, 0.1) is 6.20 Å². The van der Waals surface area contributed by atoms with Gasteiger partial charge in [0.15, 0.2) is 17.5 Å². The van der Waals surface area contributed by atoms with Gasteiger partial charge in [0.2, 0.25) is 0 Å². The zero-order valence-electron chi connectivity index (χ0n) is 17.8. The van der Waals surface area contributed by atoms with Crippen molar-refractivity contribution in [3.05, 3.63) is 48.2 Å². The quantitative estimate of drug-likeness (QED) is 0.552. The number of nitrogens with two attached hydrogens (primary N) is 1. The average Bonchev–Trinajstić information content (AvgIpc) is 3.31. The second-order valence-corrected chi connectivity index (χ2v) is 9.81. The van der Waals surface area contributed by atoms with Gasteiger partial charge in [-0.25, -0.2) is 19.3 Å². The van der Waals surface area contributed by atoms with E-state index in [1.807, 2.05) is 25.4 Å². The van der Waals surface area contributed by atoms with Crippen LogP contribution in [0.4, 0.5) is 10.2 Å². The number of fused-ring (bicyclic) bond motifs is 3. The lowest BCUT2D eigenvalue weighted by atomic mass is 9.58. The fraction of sp³-hybridized carbons (Fsp3) is 0.458. The van der Waals surface area contributed by atoms with Gasteiger partial charge in [0.25, 0.3) is 0 Å². The van der Waals surface area contributed by atoms with Gasteiger partial charge in [-0.2, -0.15) is 0 Å². The minimum Gasteiger partial charge on any atom is -0.364 e. The van der Waals surface area contributed by atoms with Crippen molar-refractivity contribution in [1.82, 2.24) is 19.9 Å². The van der Waals surface area contributed by atoms with Gasteiger partial charge in [-0.05, 0) is 62.5 Å². The minimum atomic E-state index is -0.436. The Morgan fingerprint density at radius 3 is 2.94 bits per heavy atom. The van der Waals surface area contributed by atoms with Crippen molar-refractivity contribution in [2.24, 2.45) is 29.4 Å². The second kappa shape index (κ2) is 6.36. The maximum absolute atomic E-state index is 14.8. The van der Waals surface area contributed by atoms with Crippen LogP contribution in [-0.4, -0.2) is 31.5 Å². The van der Waals surface area contributed by atoms with E-state index in [0.29, 0.717) is 23.6 Å². The second-order valence-electron chi connectivity index (χ2n) is 9.81. The van der Waals surface area contributed by atoms with Crippen molar-refractivity contribution in [3.8, 4) is 11.4 Å². The number of pyridine rings is 1. The molecule has 0 spiro atoms. The fourth-order valence-corrected chi connectivity index (χ4v) is 6.50. The third-order valence-corrected chi connectivity index (χ3v) is 7.93. The average molecular weight is 419 g/mol. The maximum Gasteiger partial charge on any atom is 0.183 e.